The molecule has 0 spiro atoms. The molecule has 5 heteroatoms. The fourth-order valence-corrected chi connectivity index (χ4v) is 3.24. The van der Waals surface area contributed by atoms with Gasteiger partial charge in [0.05, 0.1) is 0 Å². The summed E-state index contributed by atoms with van der Waals surface area (Å²) in [6, 6.07) is 13.2. The van der Waals surface area contributed by atoms with Crippen LogP contribution in [0.25, 0.3) is 0 Å². The molecule has 1 N–H and O–H groups in total. The number of aryl methyl sites for hydroxylation is 3. The van der Waals surface area contributed by atoms with Gasteiger partial charge in [0.2, 0.25) is 5.91 Å². The third kappa shape index (κ3) is 6.93. The molecular formula is C24H32N2O3. The number of nitrogens with zero attached hydrogens (tertiary/aromatic N) is 1. The van der Waals surface area contributed by atoms with Crippen LogP contribution in [0.4, 0.5) is 0 Å². The SMILES string of the molecule is Cc1cccc(CN(C(=O)COc2cc(C)cc(C)c2)C(C)C(=O)NC(C)C)c1. The van der Waals surface area contributed by atoms with Crippen molar-refractivity contribution in [2.75, 3.05) is 6.61 Å². The zero-order chi connectivity index (χ0) is 21.6. The van der Waals surface area contributed by atoms with Gasteiger partial charge in [0.25, 0.3) is 5.91 Å². The zero-order valence-corrected chi connectivity index (χ0v) is 18.3. The maximum absolute atomic E-state index is 13.0. The monoisotopic (exact) mass is 396 g/mol. The van der Waals surface area contributed by atoms with Crippen molar-refractivity contribution in [2.24, 2.45) is 0 Å². The van der Waals surface area contributed by atoms with Crippen LogP contribution in [-0.4, -0.2) is 35.4 Å². The molecule has 2 amide bonds. The predicted octanol–water partition coefficient (Wildman–Crippen LogP) is 3.93. The van der Waals surface area contributed by atoms with E-state index in [1.54, 1.807) is 11.8 Å². The molecule has 0 aliphatic heterocycles. The van der Waals surface area contributed by atoms with Crippen molar-refractivity contribution in [1.82, 2.24) is 10.2 Å². The summed E-state index contributed by atoms with van der Waals surface area (Å²) < 4.78 is 5.76. The molecule has 2 aromatic carbocycles. The average molecular weight is 397 g/mol. The molecule has 0 saturated heterocycles. The highest BCUT2D eigenvalue weighted by atomic mass is 16.5. The number of hydrogen-bond acceptors (Lipinski definition) is 3. The summed E-state index contributed by atoms with van der Waals surface area (Å²) in [6.07, 6.45) is 0. The lowest BCUT2D eigenvalue weighted by molar-refractivity contribution is -0.142. The number of hydrogen-bond donors (Lipinski definition) is 1. The second kappa shape index (κ2) is 10.1. The Morgan fingerprint density at radius 1 is 0.966 bits per heavy atom. The molecule has 0 aliphatic rings. The minimum atomic E-state index is -0.603. The van der Waals surface area contributed by atoms with E-state index in [1.807, 2.05) is 71.0 Å². The first-order chi connectivity index (χ1) is 13.7. The van der Waals surface area contributed by atoms with E-state index in [9.17, 15) is 9.59 Å². The number of amides is 2. The Bertz CT molecular complexity index is 841. The highest BCUT2D eigenvalue weighted by Crippen LogP contribution is 2.17. The molecule has 2 aromatic rings. The van der Waals surface area contributed by atoms with Gasteiger partial charge < -0.3 is 15.0 Å². The molecule has 0 aliphatic carbocycles. The quantitative estimate of drug-likeness (QED) is 0.735. The van der Waals surface area contributed by atoms with E-state index in [0.717, 1.165) is 22.3 Å². The van der Waals surface area contributed by atoms with Crippen molar-refractivity contribution in [2.45, 2.75) is 60.2 Å². The molecule has 29 heavy (non-hydrogen) atoms. The van der Waals surface area contributed by atoms with Crippen LogP contribution in [0, 0.1) is 20.8 Å². The maximum atomic E-state index is 13.0. The molecule has 2 rings (SSSR count). The maximum Gasteiger partial charge on any atom is 0.261 e. The summed E-state index contributed by atoms with van der Waals surface area (Å²) >= 11 is 0. The summed E-state index contributed by atoms with van der Waals surface area (Å²) in [6.45, 7) is 11.8. The van der Waals surface area contributed by atoms with Crippen molar-refractivity contribution in [3.05, 3.63) is 64.7 Å². The average Bonchev–Trinajstić information content (AvgIpc) is 2.62. The Kier molecular flexibility index (Phi) is 7.82. The van der Waals surface area contributed by atoms with Gasteiger partial charge in [-0.2, -0.15) is 0 Å². The highest BCUT2D eigenvalue weighted by Gasteiger charge is 2.27. The number of rotatable bonds is 8. The minimum Gasteiger partial charge on any atom is -0.484 e. The van der Waals surface area contributed by atoms with Crippen LogP contribution in [0.2, 0.25) is 0 Å². The fraction of sp³-hybridized carbons (Fsp3) is 0.417. The number of ether oxygens (including phenoxy) is 1. The van der Waals surface area contributed by atoms with Gasteiger partial charge in [0.1, 0.15) is 11.8 Å². The van der Waals surface area contributed by atoms with Crippen molar-refractivity contribution in [1.29, 1.82) is 0 Å². The van der Waals surface area contributed by atoms with Gasteiger partial charge in [-0.1, -0.05) is 35.9 Å². The first-order valence-electron chi connectivity index (χ1n) is 10.0. The van der Waals surface area contributed by atoms with E-state index in [2.05, 4.69) is 11.4 Å². The van der Waals surface area contributed by atoms with Crippen LogP contribution in [0.5, 0.6) is 5.75 Å². The second-order valence-electron chi connectivity index (χ2n) is 7.96. The Morgan fingerprint density at radius 3 is 2.21 bits per heavy atom. The first-order valence-corrected chi connectivity index (χ1v) is 10.0. The van der Waals surface area contributed by atoms with Crippen LogP contribution in [0.15, 0.2) is 42.5 Å². The first kappa shape index (κ1) is 22.5. The number of nitrogens with one attached hydrogen (secondary N) is 1. The summed E-state index contributed by atoms with van der Waals surface area (Å²) in [5.74, 6) is 0.259. The van der Waals surface area contributed by atoms with Crippen molar-refractivity contribution in [3.8, 4) is 5.75 Å². The van der Waals surface area contributed by atoms with Gasteiger partial charge in [-0.3, -0.25) is 9.59 Å². The largest absolute Gasteiger partial charge is 0.484 e. The lowest BCUT2D eigenvalue weighted by Gasteiger charge is -2.29. The minimum absolute atomic E-state index is 0.00684. The smallest absolute Gasteiger partial charge is 0.261 e. The molecule has 0 bridgehead atoms. The highest BCUT2D eigenvalue weighted by molar-refractivity contribution is 5.88. The van der Waals surface area contributed by atoms with Crippen LogP contribution >= 0.6 is 0 Å². The third-order valence-corrected chi connectivity index (χ3v) is 4.59. The third-order valence-electron chi connectivity index (χ3n) is 4.59. The van der Waals surface area contributed by atoms with Crippen molar-refractivity contribution >= 4 is 11.8 Å². The Hall–Kier alpha value is -2.82. The Morgan fingerprint density at radius 2 is 1.62 bits per heavy atom. The van der Waals surface area contributed by atoms with E-state index >= 15 is 0 Å². The number of carbonyl (C=O) groups is 2. The lowest BCUT2D eigenvalue weighted by Crippen LogP contribution is -2.50. The molecule has 1 unspecified atom stereocenters. The van der Waals surface area contributed by atoms with Crippen molar-refractivity contribution < 1.29 is 14.3 Å². The molecule has 0 fully saturated rings. The molecule has 0 heterocycles. The fourth-order valence-electron chi connectivity index (χ4n) is 3.24. The number of benzene rings is 2. The van der Waals surface area contributed by atoms with E-state index < -0.39 is 6.04 Å². The van der Waals surface area contributed by atoms with E-state index in [0.29, 0.717) is 12.3 Å². The molecule has 5 nitrogen and oxygen atoms in total. The Labute approximate surface area is 174 Å². The molecular weight excluding hydrogens is 364 g/mol. The van der Waals surface area contributed by atoms with Gasteiger partial charge in [0, 0.05) is 12.6 Å². The van der Waals surface area contributed by atoms with Crippen molar-refractivity contribution in [3.63, 3.8) is 0 Å². The van der Waals surface area contributed by atoms with Crippen LogP contribution in [0.3, 0.4) is 0 Å². The van der Waals surface area contributed by atoms with Gasteiger partial charge >= 0.3 is 0 Å². The van der Waals surface area contributed by atoms with Gasteiger partial charge in [-0.25, -0.2) is 0 Å². The molecule has 0 saturated carbocycles. The summed E-state index contributed by atoms with van der Waals surface area (Å²) in [4.78, 5) is 27.2. The summed E-state index contributed by atoms with van der Waals surface area (Å²) in [5, 5.41) is 2.89. The molecule has 0 radical (unpaired) electrons. The number of carbonyl (C=O) groups excluding carboxylic acids is 2. The summed E-state index contributed by atoms with van der Waals surface area (Å²) in [5.41, 5.74) is 4.25. The second-order valence-corrected chi connectivity index (χ2v) is 7.96. The van der Waals surface area contributed by atoms with Gasteiger partial charge in [0.15, 0.2) is 6.61 Å². The summed E-state index contributed by atoms with van der Waals surface area (Å²) in [7, 11) is 0. The predicted molar refractivity (Wildman–Crippen MR) is 116 cm³/mol. The normalized spacial score (nSPS) is 11.8. The van der Waals surface area contributed by atoms with Crippen LogP contribution in [-0.2, 0) is 16.1 Å². The van der Waals surface area contributed by atoms with Gasteiger partial charge in [-0.05, 0) is 70.4 Å². The molecule has 156 valence electrons. The van der Waals surface area contributed by atoms with Crippen LogP contribution in [0.1, 0.15) is 43.0 Å². The Balaban J connectivity index is 2.17. The van der Waals surface area contributed by atoms with E-state index in [-0.39, 0.29) is 24.5 Å². The topological polar surface area (TPSA) is 58.6 Å². The standard InChI is InChI=1S/C24H32N2O3/c1-16(2)25-24(28)20(6)26(14-21-9-7-8-17(3)11-21)23(27)15-29-22-12-18(4)10-19(5)13-22/h7-13,16,20H,14-15H2,1-6H3,(H,25,28). The van der Waals surface area contributed by atoms with Crippen LogP contribution < -0.4 is 10.1 Å². The lowest BCUT2D eigenvalue weighted by atomic mass is 10.1. The van der Waals surface area contributed by atoms with E-state index in [1.165, 1.54) is 0 Å². The van der Waals surface area contributed by atoms with E-state index in [4.69, 9.17) is 4.74 Å². The molecule has 0 aromatic heterocycles. The van der Waals surface area contributed by atoms with Gasteiger partial charge in [-0.15, -0.1) is 0 Å². The molecule has 1 atom stereocenters. The zero-order valence-electron chi connectivity index (χ0n) is 18.3.